The molecule has 0 spiro atoms. The summed E-state index contributed by atoms with van der Waals surface area (Å²) in [7, 11) is 0. The van der Waals surface area contributed by atoms with Crippen LogP contribution in [0.2, 0.25) is 0 Å². The molecule has 0 aliphatic carbocycles. The molecule has 1 aliphatic rings. The van der Waals surface area contributed by atoms with Crippen molar-refractivity contribution in [2.45, 2.75) is 13.1 Å². The lowest BCUT2D eigenvalue weighted by Crippen LogP contribution is -2.38. The van der Waals surface area contributed by atoms with Crippen LogP contribution in [0.5, 0.6) is 0 Å². The van der Waals surface area contributed by atoms with Crippen LogP contribution in [0.3, 0.4) is 0 Å². The molecule has 0 unspecified atom stereocenters. The Labute approximate surface area is 197 Å². The van der Waals surface area contributed by atoms with Gasteiger partial charge in [-0.1, -0.05) is 0 Å². The molecule has 3 heterocycles. The van der Waals surface area contributed by atoms with Crippen molar-refractivity contribution >= 4 is 29.0 Å². The van der Waals surface area contributed by atoms with Crippen LogP contribution in [0, 0.1) is 12.7 Å². The number of nitrogens with zero attached hydrogens (tertiary/aromatic N) is 4. The van der Waals surface area contributed by atoms with Gasteiger partial charge in [0.25, 0.3) is 5.91 Å². The number of rotatable bonds is 6. The number of anilines is 4. The zero-order valence-electron chi connectivity index (χ0n) is 18.5. The van der Waals surface area contributed by atoms with Crippen LogP contribution in [-0.4, -0.2) is 47.2 Å². The molecule has 35 heavy (non-hydrogen) atoms. The number of carbonyl (C=O) groups is 1. The molecule has 1 fully saturated rings. The number of carbonyl (C=O) groups excluding carboxylic acids is 1. The number of alkyl halides is 3. The van der Waals surface area contributed by atoms with E-state index in [0.29, 0.717) is 37.6 Å². The number of hydrazine groups is 1. The summed E-state index contributed by atoms with van der Waals surface area (Å²) in [5.74, 6) is -1.13. The number of hydrogen-bond acceptors (Lipinski definition) is 8. The number of nitrogens with one attached hydrogen (secondary N) is 3. The average molecular weight is 491 g/mol. The maximum absolute atomic E-state index is 14.1. The second-order valence-electron chi connectivity index (χ2n) is 7.69. The van der Waals surface area contributed by atoms with E-state index in [-0.39, 0.29) is 23.1 Å². The van der Waals surface area contributed by atoms with E-state index in [4.69, 9.17) is 4.74 Å². The number of morpholine rings is 1. The summed E-state index contributed by atoms with van der Waals surface area (Å²) in [6, 6.07) is 6.50. The van der Waals surface area contributed by atoms with Gasteiger partial charge < -0.3 is 15.0 Å². The predicted octanol–water partition coefficient (Wildman–Crippen LogP) is 3.68. The van der Waals surface area contributed by atoms with E-state index >= 15 is 0 Å². The van der Waals surface area contributed by atoms with E-state index in [9.17, 15) is 22.4 Å². The first-order valence-corrected chi connectivity index (χ1v) is 10.5. The molecule has 0 radical (unpaired) electrons. The summed E-state index contributed by atoms with van der Waals surface area (Å²) in [5.41, 5.74) is 5.23. The second kappa shape index (κ2) is 10.1. The average Bonchev–Trinajstić information content (AvgIpc) is 2.83. The Balaban J connectivity index is 1.38. The van der Waals surface area contributed by atoms with Crippen molar-refractivity contribution in [3.63, 3.8) is 0 Å². The number of benzene rings is 1. The van der Waals surface area contributed by atoms with Crippen molar-refractivity contribution in [3.8, 4) is 0 Å². The summed E-state index contributed by atoms with van der Waals surface area (Å²) in [6.45, 7) is 3.42. The van der Waals surface area contributed by atoms with Crippen LogP contribution in [0.1, 0.15) is 21.6 Å². The van der Waals surface area contributed by atoms with Gasteiger partial charge in [0.15, 0.2) is 11.6 Å². The van der Waals surface area contributed by atoms with Gasteiger partial charge >= 0.3 is 6.18 Å². The van der Waals surface area contributed by atoms with E-state index in [0.717, 1.165) is 18.3 Å². The van der Waals surface area contributed by atoms with Crippen LogP contribution in [0.15, 0.2) is 42.7 Å². The monoisotopic (exact) mass is 491 g/mol. The van der Waals surface area contributed by atoms with Gasteiger partial charge in [0.1, 0.15) is 5.69 Å². The Bertz CT molecular complexity index is 1200. The van der Waals surface area contributed by atoms with Crippen molar-refractivity contribution in [2.75, 3.05) is 41.9 Å². The summed E-state index contributed by atoms with van der Waals surface area (Å²) < 4.78 is 58.5. The largest absolute Gasteiger partial charge is 0.416 e. The molecule has 3 aromatic rings. The van der Waals surface area contributed by atoms with Crippen molar-refractivity contribution in [3.05, 3.63) is 65.4 Å². The highest BCUT2D eigenvalue weighted by Crippen LogP contribution is 2.32. The van der Waals surface area contributed by atoms with Gasteiger partial charge in [-0.3, -0.25) is 15.6 Å². The Morgan fingerprint density at radius 3 is 2.51 bits per heavy atom. The number of amides is 1. The first kappa shape index (κ1) is 24.1. The quantitative estimate of drug-likeness (QED) is 0.355. The van der Waals surface area contributed by atoms with Gasteiger partial charge in [-0.15, -0.1) is 0 Å². The molecule has 3 N–H and O–H groups in total. The Kier molecular flexibility index (Phi) is 6.96. The highest BCUT2D eigenvalue weighted by molar-refractivity contribution is 5.93. The molecular formula is C22H21F4N7O2. The molecule has 9 nitrogen and oxygen atoms in total. The van der Waals surface area contributed by atoms with Gasteiger partial charge in [0, 0.05) is 18.8 Å². The van der Waals surface area contributed by atoms with E-state index < -0.39 is 23.5 Å². The number of pyridine rings is 1. The molecule has 1 aliphatic heterocycles. The normalized spacial score (nSPS) is 13.9. The number of aromatic nitrogens is 3. The topological polar surface area (TPSA) is 104 Å². The summed E-state index contributed by atoms with van der Waals surface area (Å²) in [5, 5.41) is 2.84. The predicted molar refractivity (Wildman–Crippen MR) is 120 cm³/mol. The fourth-order valence-electron chi connectivity index (χ4n) is 3.38. The molecule has 184 valence electrons. The number of aryl methyl sites for hydroxylation is 1. The molecule has 1 amide bonds. The first-order chi connectivity index (χ1) is 16.7. The van der Waals surface area contributed by atoms with Crippen LogP contribution in [0.25, 0.3) is 0 Å². The fourth-order valence-corrected chi connectivity index (χ4v) is 3.38. The number of halogens is 4. The molecule has 0 bridgehead atoms. The minimum Gasteiger partial charge on any atom is -0.378 e. The third-order valence-corrected chi connectivity index (χ3v) is 5.01. The van der Waals surface area contributed by atoms with Crippen LogP contribution in [-0.2, 0) is 10.9 Å². The van der Waals surface area contributed by atoms with Crippen LogP contribution < -0.4 is 21.1 Å². The molecular weight excluding hydrogens is 470 g/mol. The lowest BCUT2D eigenvalue weighted by Gasteiger charge is -2.28. The molecule has 1 aromatic carbocycles. The highest BCUT2D eigenvalue weighted by atomic mass is 19.4. The maximum atomic E-state index is 14.1. The van der Waals surface area contributed by atoms with Gasteiger partial charge in [-0.25, -0.2) is 14.4 Å². The lowest BCUT2D eigenvalue weighted by atomic mass is 10.1. The molecule has 0 atom stereocenters. The highest BCUT2D eigenvalue weighted by Gasteiger charge is 2.31. The maximum Gasteiger partial charge on any atom is 0.416 e. The van der Waals surface area contributed by atoms with Crippen LogP contribution in [0.4, 0.5) is 40.7 Å². The van der Waals surface area contributed by atoms with Gasteiger partial charge in [0.05, 0.1) is 36.9 Å². The van der Waals surface area contributed by atoms with E-state index in [1.807, 2.05) is 0 Å². The molecule has 1 saturated heterocycles. The third-order valence-electron chi connectivity index (χ3n) is 5.01. The van der Waals surface area contributed by atoms with E-state index in [1.165, 1.54) is 18.3 Å². The molecule has 0 saturated carbocycles. The van der Waals surface area contributed by atoms with Gasteiger partial charge in [-0.05, 0) is 42.8 Å². The van der Waals surface area contributed by atoms with Crippen molar-refractivity contribution in [1.82, 2.24) is 20.4 Å². The number of ether oxygens (including phenoxy) is 1. The third kappa shape index (κ3) is 6.12. The second-order valence-corrected chi connectivity index (χ2v) is 7.69. The van der Waals surface area contributed by atoms with Crippen molar-refractivity contribution < 1.29 is 27.1 Å². The molecule has 13 heteroatoms. The Morgan fingerprint density at radius 1 is 1.06 bits per heavy atom. The lowest BCUT2D eigenvalue weighted by molar-refractivity contribution is -0.137. The standard InChI is InChI=1S/C22H21F4N7O2/c1-13-8-14(22(24,25)26)10-16(9-13)29-15-2-3-18(27-11-15)20(34)31-32-21-28-12-17(23)19(30-21)33-4-6-35-7-5-33/h2-3,8-12,29H,4-7H2,1H3,(H,31,34)(H,28,30,32). The Hall–Kier alpha value is -4.00. The van der Waals surface area contributed by atoms with E-state index in [2.05, 4.69) is 31.1 Å². The zero-order chi connectivity index (χ0) is 25.0. The summed E-state index contributed by atoms with van der Waals surface area (Å²) >= 11 is 0. The SMILES string of the molecule is Cc1cc(Nc2ccc(C(=O)NNc3ncc(F)c(N4CCOCC4)n3)nc2)cc(C(F)(F)F)c1. The van der Waals surface area contributed by atoms with Crippen LogP contribution >= 0.6 is 0 Å². The fraction of sp³-hybridized carbons (Fsp3) is 0.273. The molecule has 4 rings (SSSR count). The zero-order valence-corrected chi connectivity index (χ0v) is 18.5. The van der Waals surface area contributed by atoms with Gasteiger partial charge in [0.2, 0.25) is 5.95 Å². The van der Waals surface area contributed by atoms with E-state index in [1.54, 1.807) is 17.9 Å². The van der Waals surface area contributed by atoms with Gasteiger partial charge in [-0.2, -0.15) is 18.2 Å². The summed E-state index contributed by atoms with van der Waals surface area (Å²) in [6.07, 6.45) is -2.15. The van der Waals surface area contributed by atoms with Crippen molar-refractivity contribution in [1.29, 1.82) is 0 Å². The minimum absolute atomic E-state index is 0.0144. The minimum atomic E-state index is -4.47. The summed E-state index contributed by atoms with van der Waals surface area (Å²) in [4.78, 5) is 26.1. The smallest absolute Gasteiger partial charge is 0.378 e. The molecule has 2 aromatic heterocycles. The Morgan fingerprint density at radius 2 is 1.83 bits per heavy atom. The first-order valence-electron chi connectivity index (χ1n) is 10.5. The van der Waals surface area contributed by atoms with Crippen molar-refractivity contribution in [2.24, 2.45) is 0 Å². The number of hydrogen-bond donors (Lipinski definition) is 3.